The molecule has 72 valence electrons. The third-order valence-corrected chi connectivity index (χ3v) is 1.47. The summed E-state index contributed by atoms with van der Waals surface area (Å²) >= 11 is 0. The molecule has 1 aromatic carbocycles. The van der Waals surface area contributed by atoms with E-state index in [1.54, 1.807) is 24.3 Å². The fourth-order valence-corrected chi connectivity index (χ4v) is 0.841. The van der Waals surface area contributed by atoms with Gasteiger partial charge in [0.15, 0.2) is 0 Å². The molecular weight excluding hydrogens is 184 g/mol. The molecule has 0 aromatic heterocycles. The first kappa shape index (κ1) is 9.95. The first-order chi connectivity index (χ1) is 6.76. The van der Waals surface area contributed by atoms with Crippen molar-refractivity contribution in [3.8, 4) is 0 Å². The second-order valence-corrected chi connectivity index (χ2v) is 2.37. The first-order valence-corrected chi connectivity index (χ1v) is 3.79. The number of benzene rings is 1. The molecule has 0 bridgehead atoms. The predicted molar refractivity (Wildman–Crippen MR) is 50.3 cm³/mol. The Kier molecular flexibility index (Phi) is 3.41. The summed E-state index contributed by atoms with van der Waals surface area (Å²) in [6, 6.07) is 6.37. The third kappa shape index (κ3) is 2.73. The zero-order valence-corrected chi connectivity index (χ0v) is 7.48. The molecule has 1 rings (SSSR count). The largest absolute Gasteiger partial charge is 0.453 e. The van der Waals surface area contributed by atoms with Gasteiger partial charge in [-0.05, 0) is 24.3 Å². The maximum absolute atomic E-state index is 10.8. The van der Waals surface area contributed by atoms with E-state index in [1.165, 1.54) is 13.2 Å². The van der Waals surface area contributed by atoms with Crippen LogP contribution in [0.25, 0.3) is 0 Å². The number of methoxy groups -OCH3 is 1. The van der Waals surface area contributed by atoms with Crippen LogP contribution in [0.15, 0.2) is 29.3 Å². The van der Waals surface area contributed by atoms with E-state index >= 15 is 0 Å². The standard InChI is InChI=1S/C9H8N2O3/c1-14-9(13)11-8-4-2-7(3-5-8)10-6-12/h2-5H,1H3,(H,11,13). The minimum Gasteiger partial charge on any atom is -0.453 e. The fourth-order valence-electron chi connectivity index (χ4n) is 0.841. The minimum atomic E-state index is -0.545. The number of amides is 1. The van der Waals surface area contributed by atoms with Crippen LogP contribution in [-0.4, -0.2) is 19.3 Å². The van der Waals surface area contributed by atoms with E-state index < -0.39 is 6.09 Å². The van der Waals surface area contributed by atoms with E-state index in [9.17, 15) is 9.59 Å². The molecular formula is C9H8N2O3. The number of hydrogen-bond acceptors (Lipinski definition) is 4. The lowest BCUT2D eigenvalue weighted by Gasteiger charge is -2.02. The zero-order valence-electron chi connectivity index (χ0n) is 7.48. The summed E-state index contributed by atoms with van der Waals surface area (Å²) < 4.78 is 4.40. The number of rotatable bonds is 2. The van der Waals surface area contributed by atoms with Crippen molar-refractivity contribution >= 4 is 23.5 Å². The average Bonchev–Trinajstić information content (AvgIpc) is 2.21. The molecule has 1 aromatic rings. The summed E-state index contributed by atoms with van der Waals surface area (Å²) in [7, 11) is 1.28. The van der Waals surface area contributed by atoms with Crippen molar-refractivity contribution in [3.63, 3.8) is 0 Å². The van der Waals surface area contributed by atoms with Crippen LogP contribution in [0.3, 0.4) is 0 Å². The molecule has 14 heavy (non-hydrogen) atoms. The van der Waals surface area contributed by atoms with E-state index in [4.69, 9.17) is 0 Å². The second kappa shape index (κ2) is 4.79. The summed E-state index contributed by atoms with van der Waals surface area (Å²) in [6.07, 6.45) is 0.874. The van der Waals surface area contributed by atoms with E-state index in [0.717, 1.165) is 0 Å². The summed E-state index contributed by atoms with van der Waals surface area (Å²) in [6.45, 7) is 0. The topological polar surface area (TPSA) is 67.8 Å². The molecule has 0 unspecified atom stereocenters. The van der Waals surface area contributed by atoms with Gasteiger partial charge in [0.25, 0.3) is 0 Å². The third-order valence-electron chi connectivity index (χ3n) is 1.47. The lowest BCUT2D eigenvalue weighted by atomic mass is 10.3. The van der Waals surface area contributed by atoms with Crippen LogP contribution < -0.4 is 5.32 Å². The number of isocyanates is 1. The SMILES string of the molecule is COC(=O)Nc1ccc(N=C=O)cc1. The Morgan fingerprint density at radius 2 is 2.07 bits per heavy atom. The Bertz CT molecular complexity index is 366. The van der Waals surface area contributed by atoms with E-state index in [1.807, 2.05) is 0 Å². The van der Waals surface area contributed by atoms with Gasteiger partial charge in [-0.2, -0.15) is 4.99 Å². The lowest BCUT2D eigenvalue weighted by molar-refractivity contribution is 0.187. The second-order valence-electron chi connectivity index (χ2n) is 2.37. The van der Waals surface area contributed by atoms with Crippen LogP contribution in [0.4, 0.5) is 16.2 Å². The van der Waals surface area contributed by atoms with Crippen molar-refractivity contribution < 1.29 is 14.3 Å². The molecule has 0 spiro atoms. The number of anilines is 1. The Hall–Kier alpha value is -2.13. The van der Waals surface area contributed by atoms with Crippen molar-refractivity contribution in [1.29, 1.82) is 0 Å². The monoisotopic (exact) mass is 192 g/mol. The van der Waals surface area contributed by atoms with Gasteiger partial charge in [-0.25, -0.2) is 9.59 Å². The van der Waals surface area contributed by atoms with Crippen molar-refractivity contribution in [1.82, 2.24) is 0 Å². The number of carbonyl (C=O) groups is 1. The summed E-state index contributed by atoms with van der Waals surface area (Å²) in [4.78, 5) is 24.1. The predicted octanol–water partition coefficient (Wildman–Crippen LogP) is 1.83. The number of hydrogen-bond donors (Lipinski definition) is 1. The van der Waals surface area contributed by atoms with Crippen LogP contribution in [0, 0.1) is 0 Å². The summed E-state index contributed by atoms with van der Waals surface area (Å²) in [5, 5.41) is 2.46. The maximum Gasteiger partial charge on any atom is 0.411 e. The molecule has 0 aliphatic carbocycles. The number of ether oxygens (including phenoxy) is 1. The molecule has 5 heteroatoms. The molecule has 1 amide bonds. The van der Waals surface area contributed by atoms with E-state index in [0.29, 0.717) is 11.4 Å². The number of carbonyl (C=O) groups excluding carboxylic acids is 2. The minimum absolute atomic E-state index is 0.482. The zero-order chi connectivity index (χ0) is 10.4. The molecule has 5 nitrogen and oxygen atoms in total. The molecule has 0 radical (unpaired) electrons. The highest BCUT2D eigenvalue weighted by Gasteiger charge is 1.99. The lowest BCUT2D eigenvalue weighted by Crippen LogP contribution is -2.10. The van der Waals surface area contributed by atoms with E-state index in [-0.39, 0.29) is 0 Å². The van der Waals surface area contributed by atoms with Gasteiger partial charge < -0.3 is 4.74 Å². The molecule has 0 aliphatic heterocycles. The van der Waals surface area contributed by atoms with Crippen LogP contribution in [-0.2, 0) is 9.53 Å². The van der Waals surface area contributed by atoms with Crippen LogP contribution >= 0.6 is 0 Å². The highest BCUT2D eigenvalue weighted by molar-refractivity contribution is 5.84. The van der Waals surface area contributed by atoms with Gasteiger partial charge in [0.05, 0.1) is 12.8 Å². The first-order valence-electron chi connectivity index (χ1n) is 3.79. The number of aliphatic imine (C=N–C) groups is 1. The van der Waals surface area contributed by atoms with Gasteiger partial charge in [0.2, 0.25) is 6.08 Å². The van der Waals surface area contributed by atoms with Crippen LogP contribution in [0.1, 0.15) is 0 Å². The van der Waals surface area contributed by atoms with Crippen molar-refractivity contribution in [2.45, 2.75) is 0 Å². The van der Waals surface area contributed by atoms with Gasteiger partial charge in [-0.15, -0.1) is 0 Å². The van der Waals surface area contributed by atoms with Crippen molar-refractivity contribution in [2.75, 3.05) is 12.4 Å². The smallest absolute Gasteiger partial charge is 0.411 e. The summed E-state index contributed by atoms with van der Waals surface area (Å²) in [5.41, 5.74) is 1.05. The molecule has 0 aliphatic rings. The van der Waals surface area contributed by atoms with Gasteiger partial charge in [-0.1, -0.05) is 0 Å². The molecule has 0 heterocycles. The van der Waals surface area contributed by atoms with Gasteiger partial charge in [0, 0.05) is 5.69 Å². The highest BCUT2D eigenvalue weighted by Crippen LogP contribution is 2.15. The van der Waals surface area contributed by atoms with Gasteiger partial charge in [-0.3, -0.25) is 5.32 Å². The Balaban J connectivity index is 2.73. The molecule has 0 atom stereocenters. The number of nitrogens with zero attached hydrogens (tertiary/aromatic N) is 1. The molecule has 0 fully saturated rings. The van der Waals surface area contributed by atoms with Gasteiger partial charge >= 0.3 is 6.09 Å². The summed E-state index contributed by atoms with van der Waals surface area (Å²) in [5.74, 6) is 0. The van der Waals surface area contributed by atoms with Crippen molar-refractivity contribution in [3.05, 3.63) is 24.3 Å². The average molecular weight is 192 g/mol. The Morgan fingerprint density at radius 1 is 1.43 bits per heavy atom. The fraction of sp³-hybridized carbons (Fsp3) is 0.111. The van der Waals surface area contributed by atoms with Gasteiger partial charge in [0.1, 0.15) is 0 Å². The van der Waals surface area contributed by atoms with Crippen LogP contribution in [0.5, 0.6) is 0 Å². The molecule has 0 saturated heterocycles. The highest BCUT2D eigenvalue weighted by atomic mass is 16.5. The maximum atomic E-state index is 10.8. The van der Waals surface area contributed by atoms with E-state index in [2.05, 4.69) is 15.0 Å². The van der Waals surface area contributed by atoms with Crippen LogP contribution in [0.2, 0.25) is 0 Å². The Labute approximate surface area is 80.4 Å². The van der Waals surface area contributed by atoms with Crippen molar-refractivity contribution in [2.24, 2.45) is 4.99 Å². The number of nitrogens with one attached hydrogen (secondary N) is 1. The molecule has 0 saturated carbocycles. The Morgan fingerprint density at radius 3 is 2.57 bits per heavy atom. The quantitative estimate of drug-likeness (QED) is 0.574. The molecule has 1 N–H and O–H groups in total. The normalized spacial score (nSPS) is 8.64.